The van der Waals surface area contributed by atoms with Crippen LogP contribution in [0.2, 0.25) is 0 Å². The molecule has 0 aromatic carbocycles. The van der Waals surface area contributed by atoms with Crippen molar-refractivity contribution in [1.82, 2.24) is 15.2 Å². The molecule has 1 heterocycles. The summed E-state index contributed by atoms with van der Waals surface area (Å²) in [6.07, 6.45) is 0.989. The highest BCUT2D eigenvalue weighted by Crippen LogP contribution is 2.20. The molecule has 3 nitrogen and oxygen atoms in total. The van der Waals surface area contributed by atoms with Crippen molar-refractivity contribution >= 4 is 11.3 Å². The van der Waals surface area contributed by atoms with E-state index >= 15 is 0 Å². The number of nitrogens with zero attached hydrogens (tertiary/aromatic N) is 2. The number of hydrogen-bond acceptors (Lipinski definition) is 4. The van der Waals surface area contributed by atoms with E-state index in [9.17, 15) is 0 Å². The summed E-state index contributed by atoms with van der Waals surface area (Å²) in [4.78, 5) is 6.84. The number of likely N-dealkylation sites (N-methyl/N-ethyl adjacent to an activating group) is 2. The second kappa shape index (κ2) is 5.94. The Hall–Kier alpha value is -0.450. The summed E-state index contributed by atoms with van der Waals surface area (Å²) in [6, 6.07) is 0.420. The summed E-state index contributed by atoms with van der Waals surface area (Å²) < 4.78 is 0. The Labute approximate surface area is 109 Å². The van der Waals surface area contributed by atoms with E-state index in [0.29, 0.717) is 6.04 Å². The summed E-state index contributed by atoms with van der Waals surface area (Å²) in [5.74, 6) is 0. The summed E-state index contributed by atoms with van der Waals surface area (Å²) in [5, 5.41) is 6.91. The molecule has 4 heteroatoms. The molecule has 1 rings (SSSR count). The topological polar surface area (TPSA) is 28.2 Å². The monoisotopic (exact) mass is 255 g/mol. The van der Waals surface area contributed by atoms with Gasteiger partial charge >= 0.3 is 0 Å². The highest BCUT2D eigenvalue weighted by atomic mass is 32.1. The van der Waals surface area contributed by atoms with Crippen LogP contribution in [0.15, 0.2) is 5.38 Å². The molecule has 1 aromatic rings. The SMILES string of the molecule is CCNC(Cc1csc(C)n1)C(C)(C)N(C)C. The fourth-order valence-electron chi connectivity index (χ4n) is 1.84. The van der Waals surface area contributed by atoms with Crippen LogP contribution in [0, 0.1) is 6.92 Å². The molecule has 1 unspecified atom stereocenters. The lowest BCUT2D eigenvalue weighted by molar-refractivity contribution is 0.137. The van der Waals surface area contributed by atoms with Gasteiger partial charge < -0.3 is 10.2 Å². The number of rotatable bonds is 6. The summed E-state index contributed by atoms with van der Waals surface area (Å²) in [5.41, 5.74) is 1.32. The third-order valence-corrected chi connectivity index (χ3v) is 4.36. The quantitative estimate of drug-likeness (QED) is 0.845. The minimum Gasteiger partial charge on any atom is -0.312 e. The first kappa shape index (κ1) is 14.6. The Morgan fingerprint density at radius 3 is 2.53 bits per heavy atom. The third-order valence-electron chi connectivity index (χ3n) is 3.54. The van der Waals surface area contributed by atoms with Crippen LogP contribution in [-0.4, -0.2) is 42.1 Å². The van der Waals surface area contributed by atoms with Gasteiger partial charge in [0.25, 0.3) is 0 Å². The minimum atomic E-state index is 0.119. The zero-order valence-corrected chi connectivity index (χ0v) is 12.7. The lowest BCUT2D eigenvalue weighted by atomic mass is 9.89. The Morgan fingerprint density at radius 2 is 2.12 bits per heavy atom. The Morgan fingerprint density at radius 1 is 1.47 bits per heavy atom. The number of nitrogens with one attached hydrogen (secondary N) is 1. The van der Waals surface area contributed by atoms with Gasteiger partial charge in [-0.1, -0.05) is 6.92 Å². The molecule has 98 valence electrons. The average molecular weight is 255 g/mol. The van der Waals surface area contributed by atoms with Crippen molar-refractivity contribution in [3.05, 3.63) is 16.1 Å². The molecule has 1 atom stereocenters. The molecule has 0 spiro atoms. The number of aromatic nitrogens is 1. The highest BCUT2D eigenvalue weighted by molar-refractivity contribution is 7.09. The molecular weight excluding hydrogens is 230 g/mol. The standard InChI is InChI=1S/C13H25N3S/c1-7-14-12(13(3,4)16(5)6)8-11-9-17-10(2)15-11/h9,12,14H,7-8H2,1-6H3. The van der Waals surface area contributed by atoms with Crippen molar-refractivity contribution in [2.75, 3.05) is 20.6 Å². The molecule has 0 radical (unpaired) electrons. The van der Waals surface area contributed by atoms with Crippen molar-refractivity contribution < 1.29 is 0 Å². The highest BCUT2D eigenvalue weighted by Gasteiger charge is 2.31. The van der Waals surface area contributed by atoms with Gasteiger partial charge in [0.1, 0.15) is 0 Å². The molecule has 0 fully saturated rings. The lowest BCUT2D eigenvalue weighted by Gasteiger charge is -2.40. The molecule has 0 saturated carbocycles. The van der Waals surface area contributed by atoms with Crippen LogP contribution in [0.3, 0.4) is 0 Å². The van der Waals surface area contributed by atoms with Gasteiger partial charge in [0, 0.05) is 23.4 Å². The molecule has 0 aliphatic rings. The van der Waals surface area contributed by atoms with Crippen LogP contribution in [-0.2, 0) is 6.42 Å². The normalized spacial score (nSPS) is 14.3. The second-order valence-electron chi connectivity index (χ2n) is 5.22. The van der Waals surface area contributed by atoms with E-state index in [0.717, 1.165) is 18.0 Å². The van der Waals surface area contributed by atoms with E-state index in [1.54, 1.807) is 11.3 Å². The molecular formula is C13H25N3S. The van der Waals surface area contributed by atoms with E-state index in [1.165, 1.54) is 5.69 Å². The lowest BCUT2D eigenvalue weighted by Crippen LogP contribution is -2.56. The number of thiazole rings is 1. The van der Waals surface area contributed by atoms with E-state index in [2.05, 4.69) is 62.4 Å². The Bertz CT molecular complexity index is 344. The van der Waals surface area contributed by atoms with Gasteiger partial charge in [-0.25, -0.2) is 4.98 Å². The number of aryl methyl sites for hydroxylation is 1. The van der Waals surface area contributed by atoms with Gasteiger partial charge in [-0.2, -0.15) is 0 Å². The van der Waals surface area contributed by atoms with Crippen LogP contribution in [0.5, 0.6) is 0 Å². The van der Waals surface area contributed by atoms with Gasteiger partial charge in [0.2, 0.25) is 0 Å². The van der Waals surface area contributed by atoms with E-state index in [1.807, 2.05) is 0 Å². The largest absolute Gasteiger partial charge is 0.312 e. The fourth-order valence-corrected chi connectivity index (χ4v) is 2.47. The zero-order chi connectivity index (χ0) is 13.1. The van der Waals surface area contributed by atoms with Crippen LogP contribution < -0.4 is 5.32 Å². The average Bonchev–Trinajstić information content (AvgIpc) is 2.63. The molecule has 1 aromatic heterocycles. The number of hydrogen-bond donors (Lipinski definition) is 1. The maximum Gasteiger partial charge on any atom is 0.0897 e. The van der Waals surface area contributed by atoms with Crippen LogP contribution in [0.25, 0.3) is 0 Å². The smallest absolute Gasteiger partial charge is 0.0897 e. The van der Waals surface area contributed by atoms with Crippen LogP contribution in [0.1, 0.15) is 31.5 Å². The van der Waals surface area contributed by atoms with Gasteiger partial charge in [-0.05, 0) is 41.4 Å². The molecule has 17 heavy (non-hydrogen) atoms. The Balaban J connectivity index is 2.79. The van der Waals surface area contributed by atoms with E-state index in [-0.39, 0.29) is 5.54 Å². The summed E-state index contributed by atoms with van der Waals surface area (Å²) >= 11 is 1.73. The molecule has 1 N–H and O–H groups in total. The molecule has 0 amide bonds. The summed E-state index contributed by atoms with van der Waals surface area (Å²) in [7, 11) is 4.27. The molecule has 0 aliphatic carbocycles. The molecule has 0 bridgehead atoms. The third kappa shape index (κ3) is 3.76. The van der Waals surface area contributed by atoms with Gasteiger partial charge in [0.05, 0.1) is 10.7 Å². The van der Waals surface area contributed by atoms with Crippen LogP contribution in [0.4, 0.5) is 0 Å². The van der Waals surface area contributed by atoms with Crippen LogP contribution >= 0.6 is 11.3 Å². The second-order valence-corrected chi connectivity index (χ2v) is 6.28. The first-order valence-electron chi connectivity index (χ1n) is 6.19. The maximum atomic E-state index is 4.57. The zero-order valence-electron chi connectivity index (χ0n) is 11.9. The summed E-state index contributed by atoms with van der Waals surface area (Å²) in [6.45, 7) is 9.77. The Kier molecular flexibility index (Phi) is 5.10. The first-order chi connectivity index (χ1) is 7.87. The molecule has 0 saturated heterocycles. The van der Waals surface area contributed by atoms with Gasteiger partial charge in [-0.3, -0.25) is 0 Å². The minimum absolute atomic E-state index is 0.119. The molecule has 0 aliphatic heterocycles. The fraction of sp³-hybridized carbons (Fsp3) is 0.769. The predicted molar refractivity (Wildman–Crippen MR) is 75.8 cm³/mol. The predicted octanol–water partition coefficient (Wildman–Crippen LogP) is 2.31. The van der Waals surface area contributed by atoms with Crippen molar-refractivity contribution in [2.45, 2.75) is 45.7 Å². The first-order valence-corrected chi connectivity index (χ1v) is 7.07. The van der Waals surface area contributed by atoms with Crippen molar-refractivity contribution in [3.63, 3.8) is 0 Å². The van der Waals surface area contributed by atoms with E-state index in [4.69, 9.17) is 0 Å². The van der Waals surface area contributed by atoms with Gasteiger partial charge in [-0.15, -0.1) is 11.3 Å². The maximum absolute atomic E-state index is 4.57. The van der Waals surface area contributed by atoms with Crippen molar-refractivity contribution in [1.29, 1.82) is 0 Å². The van der Waals surface area contributed by atoms with Crippen molar-refractivity contribution in [3.8, 4) is 0 Å². The van der Waals surface area contributed by atoms with Crippen molar-refractivity contribution in [2.24, 2.45) is 0 Å². The van der Waals surface area contributed by atoms with Gasteiger partial charge in [0.15, 0.2) is 0 Å². The van der Waals surface area contributed by atoms with E-state index < -0.39 is 0 Å².